The van der Waals surface area contributed by atoms with Gasteiger partial charge >= 0.3 is 11.9 Å². The summed E-state index contributed by atoms with van der Waals surface area (Å²) in [6.45, 7) is 5.20. The molecule has 0 amide bonds. The van der Waals surface area contributed by atoms with E-state index in [2.05, 4.69) is 6.58 Å². The van der Waals surface area contributed by atoms with Gasteiger partial charge in [-0.05, 0) is 56.6 Å². The monoisotopic (exact) mass is 1410 g/mol. The minimum atomic E-state index is -1.62. The van der Waals surface area contributed by atoms with Crippen LogP contribution in [0.3, 0.4) is 0 Å². The van der Waals surface area contributed by atoms with Crippen LogP contribution in [0, 0.1) is 0 Å². The Hall–Kier alpha value is -8.90. The van der Waals surface area contributed by atoms with Gasteiger partial charge in [0.2, 0.25) is 0 Å². The standard InChI is InChI=1S/C86H90O18/c1-3-49-91-79-80(103-85-82(99-60(2)88)75(95-55-65-39-21-8-22-40-65)73(93-53-63-35-17-6-18-36-63)71(101-85)59-90-51-61-31-13-4-14-32-61)77(97-57-67-43-25-10-26-44-67)76(96-56-66-41-23-9-24-42-66)78(98-58-68-45-27-11-28-46-68)81(79)104-86-83(102-84(89)69-47-29-12-30-48-69)74(94-54-64-37-19-7-20-38-64)72(70(50-87)100-86)92-52-62-33-15-5-16-34-62/h3-48,70-83,85-87H,1,49-59H2,2H3/t70-,71-,72-,73-,74+,75+,76?,77-,78+,79-,80-,81-,82+,83+,85-,86-/m1/s1. The number of aliphatic hydroxyl groups excluding tert-OH is 1. The molecule has 12 rings (SSSR count). The summed E-state index contributed by atoms with van der Waals surface area (Å²) < 4.78 is 107. The van der Waals surface area contributed by atoms with E-state index in [0.29, 0.717) is 0 Å². The second-order valence-electron chi connectivity index (χ2n) is 25.7. The predicted octanol–water partition coefficient (Wildman–Crippen LogP) is 13.3. The van der Waals surface area contributed by atoms with Crippen LogP contribution in [0.1, 0.15) is 61.8 Å². The second-order valence-corrected chi connectivity index (χ2v) is 25.7. The van der Waals surface area contributed by atoms with Gasteiger partial charge in [0.05, 0.1) is 78.2 Å². The number of ether oxygens (including phenoxy) is 15. The topological polar surface area (TPSA) is 193 Å². The van der Waals surface area contributed by atoms with Crippen LogP contribution in [0.25, 0.3) is 0 Å². The molecule has 0 aromatic heterocycles. The van der Waals surface area contributed by atoms with Gasteiger partial charge in [-0.1, -0.05) is 267 Å². The molecule has 542 valence electrons. The Morgan fingerprint density at radius 1 is 0.337 bits per heavy atom. The molecule has 1 saturated carbocycles. The highest BCUT2D eigenvalue weighted by Gasteiger charge is 2.61. The molecule has 18 heteroatoms. The minimum Gasteiger partial charge on any atom is -0.454 e. The van der Waals surface area contributed by atoms with Crippen molar-refractivity contribution in [2.45, 2.75) is 158 Å². The Kier molecular flexibility index (Phi) is 28.3. The van der Waals surface area contributed by atoms with Crippen molar-refractivity contribution >= 4 is 11.9 Å². The first-order valence-corrected chi connectivity index (χ1v) is 35.3. The summed E-state index contributed by atoms with van der Waals surface area (Å²) in [5, 5.41) is 11.7. The number of carbonyl (C=O) groups excluding carboxylic acids is 2. The summed E-state index contributed by atoms with van der Waals surface area (Å²) in [6.07, 6.45) is -18.6. The number of rotatable bonds is 36. The first-order chi connectivity index (χ1) is 51.2. The molecule has 2 heterocycles. The van der Waals surface area contributed by atoms with Crippen LogP contribution in [0.4, 0.5) is 0 Å². The van der Waals surface area contributed by atoms with E-state index in [1.165, 1.54) is 6.92 Å². The van der Waals surface area contributed by atoms with Crippen molar-refractivity contribution in [3.63, 3.8) is 0 Å². The van der Waals surface area contributed by atoms with Crippen molar-refractivity contribution in [1.29, 1.82) is 0 Å². The normalized spacial score (nSPS) is 25.3. The molecular formula is C86H90O18. The summed E-state index contributed by atoms with van der Waals surface area (Å²) in [4.78, 5) is 29.1. The van der Waals surface area contributed by atoms with E-state index < -0.39 is 117 Å². The molecule has 9 aromatic carbocycles. The van der Waals surface area contributed by atoms with Gasteiger partial charge in [0.15, 0.2) is 24.8 Å². The molecule has 18 nitrogen and oxygen atoms in total. The molecule has 0 radical (unpaired) electrons. The second kappa shape index (κ2) is 39.3. The number of carbonyl (C=O) groups is 2. The van der Waals surface area contributed by atoms with Gasteiger partial charge in [0.1, 0.15) is 73.2 Å². The van der Waals surface area contributed by atoms with Gasteiger partial charge in [-0.3, -0.25) is 4.79 Å². The fraction of sp³-hybridized carbons (Fsp3) is 0.326. The van der Waals surface area contributed by atoms with E-state index in [1.807, 2.05) is 243 Å². The molecule has 1 unspecified atom stereocenters. The lowest BCUT2D eigenvalue weighted by Crippen LogP contribution is -2.71. The first kappa shape index (κ1) is 74.8. The Balaban J connectivity index is 1.02. The molecular weight excluding hydrogens is 1320 g/mol. The van der Waals surface area contributed by atoms with Crippen LogP contribution in [0.5, 0.6) is 0 Å². The molecule has 0 bridgehead atoms. The van der Waals surface area contributed by atoms with Crippen LogP contribution in [0.15, 0.2) is 286 Å². The van der Waals surface area contributed by atoms with Gasteiger partial charge in [-0.15, -0.1) is 6.58 Å². The van der Waals surface area contributed by atoms with Crippen LogP contribution in [0.2, 0.25) is 0 Å². The van der Waals surface area contributed by atoms with Gasteiger partial charge in [0, 0.05) is 6.92 Å². The lowest BCUT2D eigenvalue weighted by atomic mass is 9.83. The zero-order valence-electron chi connectivity index (χ0n) is 58.2. The summed E-state index contributed by atoms with van der Waals surface area (Å²) in [5.74, 6) is -1.40. The molecule has 16 atom stereocenters. The van der Waals surface area contributed by atoms with Crippen molar-refractivity contribution in [1.82, 2.24) is 0 Å². The number of aliphatic hydroxyl groups is 1. The molecule has 2 saturated heterocycles. The maximum Gasteiger partial charge on any atom is 0.338 e. The largest absolute Gasteiger partial charge is 0.454 e. The summed E-state index contributed by atoms with van der Waals surface area (Å²) in [5.41, 5.74) is 6.91. The maximum atomic E-state index is 15.0. The maximum absolute atomic E-state index is 15.0. The van der Waals surface area contributed by atoms with Crippen LogP contribution in [-0.4, -0.2) is 135 Å². The fourth-order valence-corrected chi connectivity index (χ4v) is 13.2. The number of hydrogen-bond donors (Lipinski definition) is 1. The number of benzene rings is 9. The van der Waals surface area contributed by atoms with Crippen molar-refractivity contribution in [3.05, 3.63) is 336 Å². The smallest absolute Gasteiger partial charge is 0.338 e. The highest BCUT2D eigenvalue weighted by atomic mass is 16.8. The predicted molar refractivity (Wildman–Crippen MR) is 387 cm³/mol. The third-order valence-corrected chi connectivity index (χ3v) is 18.2. The molecule has 2 aliphatic heterocycles. The van der Waals surface area contributed by atoms with E-state index in [0.717, 1.165) is 44.5 Å². The molecule has 3 aliphatic rings. The molecule has 1 N–H and O–H groups in total. The molecule has 9 aromatic rings. The Labute approximate surface area is 608 Å². The zero-order valence-corrected chi connectivity index (χ0v) is 58.2. The molecule has 104 heavy (non-hydrogen) atoms. The van der Waals surface area contributed by atoms with Gasteiger partial charge in [-0.25, -0.2) is 4.79 Å². The van der Waals surface area contributed by atoms with Gasteiger partial charge < -0.3 is 76.2 Å². The van der Waals surface area contributed by atoms with E-state index >= 15 is 4.79 Å². The van der Waals surface area contributed by atoms with Crippen LogP contribution in [-0.2, 0) is 129 Å². The highest BCUT2D eigenvalue weighted by Crippen LogP contribution is 2.42. The minimum absolute atomic E-state index is 0.00677. The van der Waals surface area contributed by atoms with Gasteiger partial charge in [-0.2, -0.15) is 0 Å². The average molecular weight is 1410 g/mol. The average Bonchev–Trinajstić information content (AvgIpc) is 0.748. The highest BCUT2D eigenvalue weighted by molar-refractivity contribution is 5.89. The lowest BCUT2D eigenvalue weighted by Gasteiger charge is -2.53. The molecule has 0 spiro atoms. The van der Waals surface area contributed by atoms with Crippen LogP contribution >= 0.6 is 0 Å². The summed E-state index contributed by atoms with van der Waals surface area (Å²) in [7, 11) is 0. The van der Waals surface area contributed by atoms with Crippen molar-refractivity contribution in [2.24, 2.45) is 0 Å². The van der Waals surface area contributed by atoms with E-state index in [9.17, 15) is 9.90 Å². The zero-order chi connectivity index (χ0) is 71.5. The van der Waals surface area contributed by atoms with Crippen molar-refractivity contribution in [2.75, 3.05) is 19.8 Å². The van der Waals surface area contributed by atoms with Gasteiger partial charge in [0.25, 0.3) is 0 Å². The third kappa shape index (κ3) is 21.0. The van der Waals surface area contributed by atoms with E-state index in [4.69, 9.17) is 71.1 Å². The SMILES string of the molecule is C=CCO[C@@H]1[C@H](O[C@H]2O[C@H](COCc3ccccc3)[C@@H](OCc3ccccc3)[C@H](OCc3ccccc3)[C@@H]2OC(C)=O)[C@H](OCc2ccccc2)C(OCc2ccccc2)[C@H](OCc2ccccc2)[C@H]1O[C@H]1O[C@H](CO)[C@@H](OCc2ccccc2)[C@H](OCc2ccccc2)[C@@H]1OC(=O)c1ccccc1. The molecule has 3 fully saturated rings. The van der Waals surface area contributed by atoms with Crippen LogP contribution < -0.4 is 0 Å². The third-order valence-electron chi connectivity index (χ3n) is 18.2. The lowest BCUT2D eigenvalue weighted by molar-refractivity contribution is -0.377. The van der Waals surface area contributed by atoms with E-state index in [-0.39, 0.29) is 71.6 Å². The summed E-state index contributed by atoms with van der Waals surface area (Å²) >= 11 is 0. The number of hydrogen-bond acceptors (Lipinski definition) is 18. The summed E-state index contributed by atoms with van der Waals surface area (Å²) in [6, 6.07) is 85.8. The molecule has 1 aliphatic carbocycles. The fourth-order valence-electron chi connectivity index (χ4n) is 13.2. The Morgan fingerprint density at radius 3 is 0.933 bits per heavy atom. The first-order valence-electron chi connectivity index (χ1n) is 35.3. The quantitative estimate of drug-likeness (QED) is 0.0288. The Morgan fingerprint density at radius 2 is 0.606 bits per heavy atom. The van der Waals surface area contributed by atoms with E-state index in [1.54, 1.807) is 36.4 Å². The van der Waals surface area contributed by atoms with Crippen molar-refractivity contribution in [3.8, 4) is 0 Å². The number of esters is 2. The Bertz CT molecular complexity index is 3930. The van der Waals surface area contributed by atoms with Crippen molar-refractivity contribution < 1.29 is 85.7 Å².